The molecule has 0 aromatic carbocycles. The van der Waals surface area contributed by atoms with Crippen molar-refractivity contribution in [1.82, 2.24) is 4.57 Å². The molecule has 0 atom stereocenters. The molecule has 0 amide bonds. The van der Waals surface area contributed by atoms with Crippen LogP contribution in [-0.2, 0) is 6.54 Å². The average Bonchev–Trinajstić information content (AvgIpc) is 2.92. The Hall–Kier alpha value is -1.25. The number of hydrogen-bond acceptors (Lipinski definition) is 2. The van der Waals surface area contributed by atoms with E-state index in [2.05, 4.69) is 0 Å². The number of nitrogen functional groups attached to an aromatic ring is 1. The van der Waals surface area contributed by atoms with E-state index in [1.165, 1.54) is 12.8 Å². The minimum absolute atomic E-state index is 0.0670. The van der Waals surface area contributed by atoms with Crippen molar-refractivity contribution in [2.24, 2.45) is 5.92 Å². The molecule has 14 heavy (non-hydrogen) atoms. The van der Waals surface area contributed by atoms with Gasteiger partial charge in [-0.2, -0.15) is 0 Å². The van der Waals surface area contributed by atoms with Gasteiger partial charge in [-0.25, -0.2) is 0 Å². The number of pyridine rings is 1. The van der Waals surface area contributed by atoms with E-state index in [4.69, 9.17) is 5.73 Å². The highest BCUT2D eigenvalue weighted by Gasteiger charge is 2.20. The molecule has 2 N–H and O–H groups in total. The molecule has 1 aromatic rings. The number of rotatable bonds is 3. The van der Waals surface area contributed by atoms with Crippen molar-refractivity contribution in [2.75, 3.05) is 5.73 Å². The van der Waals surface area contributed by atoms with E-state index in [0.29, 0.717) is 5.69 Å². The van der Waals surface area contributed by atoms with Gasteiger partial charge in [0.2, 0.25) is 0 Å². The maximum atomic E-state index is 11.5. The number of anilines is 1. The van der Waals surface area contributed by atoms with E-state index in [0.717, 1.165) is 24.4 Å². The van der Waals surface area contributed by atoms with Gasteiger partial charge in [0.25, 0.3) is 5.56 Å². The van der Waals surface area contributed by atoms with E-state index in [1.807, 2.05) is 6.92 Å². The lowest BCUT2D eigenvalue weighted by atomic mass is 10.2. The van der Waals surface area contributed by atoms with E-state index < -0.39 is 0 Å². The third kappa shape index (κ3) is 1.97. The Kier molecular flexibility index (Phi) is 2.32. The zero-order valence-corrected chi connectivity index (χ0v) is 8.49. The maximum absolute atomic E-state index is 11.5. The van der Waals surface area contributed by atoms with Crippen LogP contribution in [0.4, 0.5) is 5.69 Å². The molecule has 0 aliphatic heterocycles. The minimum atomic E-state index is 0.0670. The molecule has 0 radical (unpaired) electrons. The van der Waals surface area contributed by atoms with Crippen LogP contribution in [0.3, 0.4) is 0 Å². The summed E-state index contributed by atoms with van der Waals surface area (Å²) in [7, 11) is 0. The fourth-order valence-corrected chi connectivity index (χ4v) is 1.59. The Morgan fingerprint density at radius 1 is 1.57 bits per heavy atom. The van der Waals surface area contributed by atoms with Crippen molar-refractivity contribution in [3.05, 3.63) is 28.2 Å². The van der Waals surface area contributed by atoms with Gasteiger partial charge in [0.05, 0.1) is 5.69 Å². The van der Waals surface area contributed by atoms with Crippen molar-refractivity contribution in [2.45, 2.75) is 32.7 Å². The van der Waals surface area contributed by atoms with E-state index in [-0.39, 0.29) is 5.56 Å². The zero-order chi connectivity index (χ0) is 10.1. The van der Waals surface area contributed by atoms with Crippen LogP contribution in [0.15, 0.2) is 17.1 Å². The van der Waals surface area contributed by atoms with E-state index in [9.17, 15) is 4.79 Å². The highest BCUT2D eigenvalue weighted by molar-refractivity contribution is 5.42. The van der Waals surface area contributed by atoms with Gasteiger partial charge < -0.3 is 10.3 Å². The summed E-state index contributed by atoms with van der Waals surface area (Å²) in [4.78, 5) is 11.5. The predicted molar refractivity (Wildman–Crippen MR) is 57.2 cm³/mol. The summed E-state index contributed by atoms with van der Waals surface area (Å²) in [6.45, 7) is 2.68. The molecule has 2 rings (SSSR count). The van der Waals surface area contributed by atoms with Crippen LogP contribution < -0.4 is 11.3 Å². The molecular weight excluding hydrogens is 176 g/mol. The van der Waals surface area contributed by atoms with E-state index >= 15 is 0 Å². The van der Waals surface area contributed by atoms with Crippen LogP contribution in [0.1, 0.15) is 24.8 Å². The summed E-state index contributed by atoms with van der Waals surface area (Å²) in [6.07, 6.45) is 5.54. The second-order valence-corrected chi connectivity index (χ2v) is 4.18. The summed E-state index contributed by atoms with van der Waals surface area (Å²) < 4.78 is 1.72. The van der Waals surface area contributed by atoms with Crippen molar-refractivity contribution < 1.29 is 0 Å². The quantitative estimate of drug-likeness (QED) is 0.789. The van der Waals surface area contributed by atoms with Gasteiger partial charge in [0, 0.05) is 18.8 Å². The number of aryl methyl sites for hydroxylation is 2. The summed E-state index contributed by atoms with van der Waals surface area (Å²) in [6, 6.07) is 1.61. The lowest BCUT2D eigenvalue weighted by Gasteiger charge is -2.07. The van der Waals surface area contributed by atoms with Crippen LogP contribution in [-0.4, -0.2) is 4.57 Å². The number of nitrogens with two attached hydrogens (primary N) is 1. The molecule has 1 aliphatic rings. The Bertz CT molecular complexity index is 391. The molecule has 1 heterocycles. The predicted octanol–water partition coefficient (Wildman–Crippen LogP) is 1.54. The van der Waals surface area contributed by atoms with Crippen LogP contribution in [0.2, 0.25) is 0 Å². The monoisotopic (exact) mass is 192 g/mol. The molecule has 76 valence electrons. The first-order chi connectivity index (χ1) is 6.66. The molecule has 0 saturated heterocycles. The topological polar surface area (TPSA) is 48.0 Å². The van der Waals surface area contributed by atoms with Crippen molar-refractivity contribution >= 4 is 5.69 Å². The lowest BCUT2D eigenvalue weighted by Crippen LogP contribution is -2.20. The van der Waals surface area contributed by atoms with Crippen LogP contribution in [0, 0.1) is 12.8 Å². The van der Waals surface area contributed by atoms with Gasteiger partial charge in [0.15, 0.2) is 0 Å². The van der Waals surface area contributed by atoms with Gasteiger partial charge in [-0.1, -0.05) is 12.8 Å². The molecule has 0 bridgehead atoms. The second kappa shape index (κ2) is 3.48. The average molecular weight is 192 g/mol. The fraction of sp³-hybridized carbons (Fsp3) is 0.545. The number of nitrogens with zero attached hydrogens (tertiary/aromatic N) is 1. The fourth-order valence-electron chi connectivity index (χ4n) is 1.59. The van der Waals surface area contributed by atoms with Gasteiger partial charge in [-0.15, -0.1) is 0 Å². The first kappa shape index (κ1) is 9.31. The van der Waals surface area contributed by atoms with Crippen LogP contribution in [0.5, 0.6) is 0 Å². The van der Waals surface area contributed by atoms with Gasteiger partial charge in [-0.05, 0) is 24.8 Å². The van der Waals surface area contributed by atoms with E-state index in [1.54, 1.807) is 16.8 Å². The first-order valence-electron chi connectivity index (χ1n) is 5.13. The molecule has 1 fully saturated rings. The Morgan fingerprint density at radius 2 is 2.29 bits per heavy atom. The van der Waals surface area contributed by atoms with Gasteiger partial charge in [0.1, 0.15) is 0 Å². The normalized spacial score (nSPS) is 15.8. The Morgan fingerprint density at radius 3 is 2.93 bits per heavy atom. The Labute approximate surface area is 83.5 Å². The summed E-state index contributed by atoms with van der Waals surface area (Å²) in [5.41, 5.74) is 7.40. The summed E-state index contributed by atoms with van der Waals surface area (Å²) in [5, 5.41) is 0. The standard InChI is InChI=1S/C11H16N2O/c1-8-6-11(14)13(7-10(8)12)5-4-9-2-3-9/h6-7,9H,2-5,12H2,1H3. The molecule has 1 aromatic heterocycles. The smallest absolute Gasteiger partial charge is 0.250 e. The van der Waals surface area contributed by atoms with Crippen LogP contribution >= 0.6 is 0 Å². The number of hydrogen-bond donors (Lipinski definition) is 1. The zero-order valence-electron chi connectivity index (χ0n) is 8.49. The van der Waals surface area contributed by atoms with Gasteiger partial charge in [-0.3, -0.25) is 4.79 Å². The first-order valence-corrected chi connectivity index (χ1v) is 5.13. The highest BCUT2D eigenvalue weighted by atomic mass is 16.1. The third-order valence-corrected chi connectivity index (χ3v) is 2.85. The number of aromatic nitrogens is 1. The highest BCUT2D eigenvalue weighted by Crippen LogP contribution is 2.32. The third-order valence-electron chi connectivity index (χ3n) is 2.85. The van der Waals surface area contributed by atoms with Crippen molar-refractivity contribution in [1.29, 1.82) is 0 Å². The van der Waals surface area contributed by atoms with Gasteiger partial charge >= 0.3 is 0 Å². The second-order valence-electron chi connectivity index (χ2n) is 4.18. The minimum Gasteiger partial charge on any atom is -0.397 e. The molecule has 1 aliphatic carbocycles. The Balaban J connectivity index is 2.15. The SMILES string of the molecule is Cc1cc(=O)n(CCC2CC2)cc1N. The van der Waals surface area contributed by atoms with Crippen LogP contribution in [0.25, 0.3) is 0 Å². The van der Waals surface area contributed by atoms with Crippen molar-refractivity contribution in [3.63, 3.8) is 0 Å². The molecule has 1 saturated carbocycles. The lowest BCUT2D eigenvalue weighted by molar-refractivity contribution is 0.582. The molecule has 3 heteroatoms. The molecular formula is C11H16N2O. The molecule has 0 unspecified atom stereocenters. The summed E-state index contributed by atoms with van der Waals surface area (Å²) >= 11 is 0. The maximum Gasteiger partial charge on any atom is 0.250 e. The molecule has 0 spiro atoms. The largest absolute Gasteiger partial charge is 0.397 e. The molecule has 3 nitrogen and oxygen atoms in total. The van der Waals surface area contributed by atoms with Crippen molar-refractivity contribution in [3.8, 4) is 0 Å². The summed E-state index contributed by atoms with van der Waals surface area (Å²) in [5.74, 6) is 0.851.